The average Bonchev–Trinajstić information content (AvgIpc) is 3.19. The van der Waals surface area contributed by atoms with E-state index in [0.717, 1.165) is 32.6 Å². The lowest BCUT2D eigenvalue weighted by atomic mass is 10.2. The molecule has 0 fully saturated rings. The Labute approximate surface area is 153 Å². The number of thiazole rings is 1. The van der Waals surface area contributed by atoms with Crippen LogP contribution in [0.1, 0.15) is 11.3 Å². The monoisotopic (exact) mass is 366 g/mol. The fourth-order valence-electron chi connectivity index (χ4n) is 2.57. The molecule has 0 aliphatic heterocycles. The van der Waals surface area contributed by atoms with Gasteiger partial charge in [0.15, 0.2) is 0 Å². The fourth-order valence-corrected chi connectivity index (χ4v) is 3.56. The predicted molar refractivity (Wildman–Crippen MR) is 105 cm³/mol. The molecule has 0 atom stereocenters. The molecule has 0 bridgehead atoms. The van der Waals surface area contributed by atoms with Gasteiger partial charge >= 0.3 is 0 Å². The van der Waals surface area contributed by atoms with Crippen LogP contribution in [0.5, 0.6) is 0 Å². The lowest BCUT2D eigenvalue weighted by molar-refractivity contribution is 0.810. The van der Waals surface area contributed by atoms with Gasteiger partial charge in [-0.3, -0.25) is 0 Å². The quantitative estimate of drug-likeness (QED) is 0.490. The number of aromatic nitrogens is 2. The molecule has 0 aliphatic carbocycles. The Morgan fingerprint density at radius 2 is 1.92 bits per heavy atom. The summed E-state index contributed by atoms with van der Waals surface area (Å²) < 4.78 is 1.83. The number of hydrogen-bond acceptors (Lipinski definition) is 3. The Kier molecular flexibility index (Phi) is 4.26. The van der Waals surface area contributed by atoms with Crippen molar-refractivity contribution in [1.29, 1.82) is 0 Å². The molecule has 124 valence electrons. The minimum atomic E-state index is 0.626. The lowest BCUT2D eigenvalue weighted by Gasteiger charge is -1.99. The summed E-state index contributed by atoms with van der Waals surface area (Å²) in [6, 6.07) is 15.7. The van der Waals surface area contributed by atoms with Crippen LogP contribution >= 0.6 is 22.9 Å². The molecule has 25 heavy (non-hydrogen) atoms. The Hall–Kier alpha value is -2.63. The Bertz CT molecular complexity index is 1130. The first-order valence-electron chi connectivity index (χ1n) is 7.79. The van der Waals surface area contributed by atoms with E-state index in [4.69, 9.17) is 11.6 Å². The molecule has 0 unspecified atom stereocenters. The highest BCUT2D eigenvalue weighted by molar-refractivity contribution is 7.07. The molecule has 4 nitrogen and oxygen atoms in total. The van der Waals surface area contributed by atoms with Gasteiger partial charge in [-0.05, 0) is 25.1 Å². The normalized spacial score (nSPS) is 12.5. The number of para-hydroxylation sites is 2. The fraction of sp³-hybridized carbons (Fsp3) is 0.0526. The van der Waals surface area contributed by atoms with Crippen LogP contribution in [0.4, 0.5) is 5.69 Å². The van der Waals surface area contributed by atoms with Crippen LogP contribution in [0.15, 0.2) is 70.2 Å². The summed E-state index contributed by atoms with van der Waals surface area (Å²) in [5.41, 5.74) is 3.89. The number of aryl methyl sites for hydroxylation is 1. The van der Waals surface area contributed by atoms with Crippen molar-refractivity contribution in [1.82, 2.24) is 9.66 Å². The Morgan fingerprint density at radius 3 is 2.80 bits per heavy atom. The second kappa shape index (κ2) is 6.70. The summed E-state index contributed by atoms with van der Waals surface area (Å²) in [4.78, 5) is 8.69. The number of halogens is 1. The molecule has 4 rings (SSSR count). The molecule has 6 heteroatoms. The van der Waals surface area contributed by atoms with Crippen molar-refractivity contribution in [2.75, 3.05) is 0 Å². The van der Waals surface area contributed by atoms with Crippen LogP contribution in [0, 0.1) is 6.92 Å². The highest BCUT2D eigenvalue weighted by Crippen LogP contribution is 2.23. The van der Waals surface area contributed by atoms with Gasteiger partial charge in [-0.15, -0.1) is 11.3 Å². The van der Waals surface area contributed by atoms with E-state index in [1.165, 1.54) is 11.3 Å². The van der Waals surface area contributed by atoms with Crippen molar-refractivity contribution < 1.29 is 0 Å². The standard InChI is InChI=1S/C19H15ClN4S/c1-13-12-25-19(23-18-9-5-3-7-16(18)20)24(13)22-11-14-10-21-17-8-4-2-6-15(14)17/h2-12,21H,1H3. The average molecular weight is 367 g/mol. The van der Waals surface area contributed by atoms with Gasteiger partial charge in [-0.2, -0.15) is 5.10 Å². The van der Waals surface area contributed by atoms with E-state index in [0.29, 0.717) is 5.02 Å². The first-order chi connectivity index (χ1) is 12.2. The molecule has 0 radical (unpaired) electrons. The minimum Gasteiger partial charge on any atom is -0.361 e. The zero-order valence-electron chi connectivity index (χ0n) is 13.5. The first-order valence-corrected chi connectivity index (χ1v) is 9.05. The van der Waals surface area contributed by atoms with Crippen molar-refractivity contribution in [3.8, 4) is 0 Å². The highest BCUT2D eigenvalue weighted by Gasteiger charge is 2.03. The van der Waals surface area contributed by atoms with E-state index in [-0.39, 0.29) is 0 Å². The van der Waals surface area contributed by atoms with E-state index < -0.39 is 0 Å². The molecule has 0 saturated carbocycles. The number of fused-ring (bicyclic) bond motifs is 1. The van der Waals surface area contributed by atoms with Gasteiger partial charge in [-0.25, -0.2) is 9.67 Å². The summed E-state index contributed by atoms with van der Waals surface area (Å²) in [5, 5.41) is 8.43. The van der Waals surface area contributed by atoms with E-state index in [1.54, 1.807) is 0 Å². The number of H-pyrrole nitrogens is 1. The van der Waals surface area contributed by atoms with Gasteiger partial charge in [0.05, 0.1) is 22.6 Å². The SMILES string of the molecule is Cc1csc(=Nc2ccccc2Cl)n1N=Cc1c[nH]c2ccccc12. The summed E-state index contributed by atoms with van der Waals surface area (Å²) in [5.74, 6) is 0. The Morgan fingerprint density at radius 1 is 1.12 bits per heavy atom. The maximum Gasteiger partial charge on any atom is 0.211 e. The van der Waals surface area contributed by atoms with Gasteiger partial charge < -0.3 is 4.98 Å². The summed E-state index contributed by atoms with van der Waals surface area (Å²) >= 11 is 7.75. The first kappa shape index (κ1) is 15.9. The minimum absolute atomic E-state index is 0.626. The molecular weight excluding hydrogens is 352 g/mol. The molecule has 0 saturated heterocycles. The van der Waals surface area contributed by atoms with Crippen molar-refractivity contribution in [3.63, 3.8) is 0 Å². The number of hydrogen-bond donors (Lipinski definition) is 1. The highest BCUT2D eigenvalue weighted by atomic mass is 35.5. The molecular formula is C19H15ClN4S. The molecule has 0 spiro atoms. The zero-order chi connectivity index (χ0) is 17.2. The third-order valence-electron chi connectivity index (χ3n) is 3.85. The third-order valence-corrected chi connectivity index (χ3v) is 5.11. The number of benzene rings is 2. The molecule has 4 aromatic rings. The number of nitrogens with zero attached hydrogens (tertiary/aromatic N) is 3. The second-order valence-electron chi connectivity index (χ2n) is 5.57. The zero-order valence-corrected chi connectivity index (χ0v) is 15.1. The number of aromatic amines is 1. The largest absolute Gasteiger partial charge is 0.361 e. The third kappa shape index (κ3) is 3.16. The van der Waals surface area contributed by atoms with Crippen LogP contribution in [-0.4, -0.2) is 15.9 Å². The van der Waals surface area contributed by atoms with Gasteiger partial charge in [-0.1, -0.05) is 41.9 Å². The molecule has 1 N–H and O–H groups in total. The second-order valence-corrected chi connectivity index (χ2v) is 6.81. The molecule has 0 aliphatic rings. The van der Waals surface area contributed by atoms with Gasteiger partial charge in [0.1, 0.15) is 0 Å². The van der Waals surface area contributed by atoms with Crippen LogP contribution in [-0.2, 0) is 0 Å². The van der Waals surface area contributed by atoms with Crippen molar-refractivity contribution in [2.45, 2.75) is 6.92 Å². The number of rotatable bonds is 3. The van der Waals surface area contributed by atoms with E-state index in [2.05, 4.69) is 21.1 Å². The molecule has 2 aromatic heterocycles. The van der Waals surface area contributed by atoms with Crippen LogP contribution in [0.25, 0.3) is 10.9 Å². The maximum absolute atomic E-state index is 6.22. The predicted octanol–water partition coefficient (Wildman–Crippen LogP) is 5.11. The van der Waals surface area contributed by atoms with E-state index >= 15 is 0 Å². The van der Waals surface area contributed by atoms with E-state index in [9.17, 15) is 0 Å². The van der Waals surface area contributed by atoms with Crippen molar-refractivity contribution >= 4 is 45.7 Å². The summed E-state index contributed by atoms with van der Waals surface area (Å²) in [6.07, 6.45) is 3.81. The van der Waals surface area contributed by atoms with Gasteiger partial charge in [0.25, 0.3) is 0 Å². The molecule has 2 aromatic carbocycles. The topological polar surface area (TPSA) is 45.4 Å². The van der Waals surface area contributed by atoms with Gasteiger partial charge in [0.2, 0.25) is 4.80 Å². The van der Waals surface area contributed by atoms with Crippen LogP contribution in [0.2, 0.25) is 5.02 Å². The summed E-state index contributed by atoms with van der Waals surface area (Å²) in [6.45, 7) is 2.01. The molecule has 0 amide bonds. The van der Waals surface area contributed by atoms with Crippen LogP contribution in [0.3, 0.4) is 0 Å². The summed E-state index contributed by atoms with van der Waals surface area (Å²) in [7, 11) is 0. The Balaban J connectivity index is 1.77. The van der Waals surface area contributed by atoms with Crippen LogP contribution < -0.4 is 4.80 Å². The van der Waals surface area contributed by atoms with Crippen molar-refractivity contribution in [2.24, 2.45) is 10.1 Å². The smallest absolute Gasteiger partial charge is 0.211 e. The van der Waals surface area contributed by atoms with E-state index in [1.807, 2.05) is 71.9 Å². The lowest BCUT2D eigenvalue weighted by Crippen LogP contribution is -2.11. The maximum atomic E-state index is 6.22. The number of nitrogens with one attached hydrogen (secondary N) is 1. The van der Waals surface area contributed by atoms with Crippen molar-refractivity contribution in [3.05, 3.63) is 81.2 Å². The van der Waals surface area contributed by atoms with Gasteiger partial charge in [0, 0.05) is 28.0 Å². The molecule has 2 heterocycles.